The van der Waals surface area contributed by atoms with Crippen LogP contribution in [0.3, 0.4) is 0 Å². The van der Waals surface area contributed by atoms with Gasteiger partial charge in [-0.25, -0.2) is 4.79 Å². The van der Waals surface area contributed by atoms with Gasteiger partial charge in [0.1, 0.15) is 0 Å². The highest BCUT2D eigenvalue weighted by molar-refractivity contribution is 5.75. The normalized spacial score (nSPS) is 20.0. The Morgan fingerprint density at radius 1 is 1.25 bits per heavy atom. The second-order valence-corrected chi connectivity index (χ2v) is 7.56. The predicted molar refractivity (Wildman–Crippen MR) is 107 cm³/mol. The van der Waals surface area contributed by atoms with Crippen molar-refractivity contribution in [2.24, 2.45) is 5.92 Å². The van der Waals surface area contributed by atoms with Gasteiger partial charge in [-0.3, -0.25) is 9.78 Å². The summed E-state index contributed by atoms with van der Waals surface area (Å²) >= 11 is 0. The van der Waals surface area contributed by atoms with Crippen molar-refractivity contribution in [1.82, 2.24) is 15.2 Å². The lowest BCUT2D eigenvalue weighted by Crippen LogP contribution is -2.45. The molecule has 1 saturated heterocycles. The lowest BCUT2D eigenvalue weighted by Gasteiger charge is -2.28. The van der Waals surface area contributed by atoms with Crippen LogP contribution in [0.15, 0.2) is 54.9 Å². The van der Waals surface area contributed by atoms with Gasteiger partial charge in [-0.1, -0.05) is 43.3 Å². The van der Waals surface area contributed by atoms with Gasteiger partial charge in [-0.05, 0) is 42.4 Å². The molecule has 3 atom stereocenters. The number of nitrogens with zero attached hydrogens (tertiary/aromatic N) is 2. The minimum atomic E-state index is -0.852. The zero-order valence-electron chi connectivity index (χ0n) is 16.1. The molecule has 6 nitrogen and oxygen atoms in total. The Morgan fingerprint density at radius 2 is 2.04 bits per heavy atom. The summed E-state index contributed by atoms with van der Waals surface area (Å²) in [6.45, 7) is 2.82. The van der Waals surface area contributed by atoms with Crippen LogP contribution in [-0.2, 0) is 11.2 Å². The molecule has 1 aliphatic rings. The van der Waals surface area contributed by atoms with Gasteiger partial charge in [0, 0.05) is 31.4 Å². The number of aromatic nitrogens is 1. The molecular formula is C22H27N3O3. The van der Waals surface area contributed by atoms with E-state index in [0.717, 1.165) is 17.5 Å². The Hall–Kier alpha value is -2.89. The highest BCUT2D eigenvalue weighted by atomic mass is 16.4. The highest BCUT2D eigenvalue weighted by Gasteiger charge is 2.35. The zero-order chi connectivity index (χ0) is 19.9. The standard InChI is InChI=1S/C22H27N3O3/c1-16-12-20(18-8-5-11-23-14-18)25(15-16)22(28)24-19(9-10-21(26)27)13-17-6-3-2-4-7-17/h2-8,11,14,16,19-20H,9-10,12-13,15H2,1H3,(H,24,28)(H,26,27). The molecular weight excluding hydrogens is 354 g/mol. The second kappa shape index (κ2) is 9.35. The molecule has 0 saturated carbocycles. The minimum Gasteiger partial charge on any atom is -0.481 e. The van der Waals surface area contributed by atoms with E-state index in [1.807, 2.05) is 53.6 Å². The van der Waals surface area contributed by atoms with Crippen LogP contribution in [0.5, 0.6) is 0 Å². The summed E-state index contributed by atoms with van der Waals surface area (Å²) < 4.78 is 0. The summed E-state index contributed by atoms with van der Waals surface area (Å²) in [6.07, 6.45) is 5.48. The maximum Gasteiger partial charge on any atom is 0.318 e. The maximum atomic E-state index is 13.1. The van der Waals surface area contributed by atoms with Crippen molar-refractivity contribution in [2.45, 2.75) is 44.7 Å². The number of carbonyl (C=O) groups is 2. The Morgan fingerprint density at radius 3 is 2.71 bits per heavy atom. The second-order valence-electron chi connectivity index (χ2n) is 7.56. The molecule has 148 valence electrons. The van der Waals surface area contributed by atoms with Crippen LogP contribution in [0.1, 0.15) is 43.4 Å². The number of nitrogens with one attached hydrogen (secondary N) is 1. The van der Waals surface area contributed by atoms with Crippen molar-refractivity contribution < 1.29 is 14.7 Å². The van der Waals surface area contributed by atoms with E-state index >= 15 is 0 Å². The molecule has 1 aromatic heterocycles. The van der Waals surface area contributed by atoms with Crippen LogP contribution in [0.4, 0.5) is 4.79 Å². The molecule has 2 amide bonds. The number of carbonyl (C=O) groups excluding carboxylic acids is 1. The van der Waals surface area contributed by atoms with Crippen LogP contribution < -0.4 is 5.32 Å². The van der Waals surface area contributed by atoms with Crippen LogP contribution in [0, 0.1) is 5.92 Å². The molecule has 3 unspecified atom stereocenters. The first-order valence-electron chi connectivity index (χ1n) is 9.75. The third-order valence-corrected chi connectivity index (χ3v) is 5.20. The Kier molecular flexibility index (Phi) is 6.63. The van der Waals surface area contributed by atoms with Crippen molar-refractivity contribution in [2.75, 3.05) is 6.54 Å². The molecule has 1 aromatic carbocycles. The number of likely N-dealkylation sites (tertiary alicyclic amines) is 1. The summed E-state index contributed by atoms with van der Waals surface area (Å²) in [7, 11) is 0. The SMILES string of the molecule is CC1CC(c2cccnc2)N(C(=O)NC(CCC(=O)O)Cc2ccccc2)C1. The molecule has 1 aliphatic heterocycles. The van der Waals surface area contributed by atoms with E-state index < -0.39 is 5.97 Å². The van der Waals surface area contributed by atoms with Gasteiger partial charge in [-0.15, -0.1) is 0 Å². The van der Waals surface area contributed by atoms with Gasteiger partial charge in [0.2, 0.25) is 0 Å². The molecule has 2 N–H and O–H groups in total. The topological polar surface area (TPSA) is 82.5 Å². The lowest BCUT2D eigenvalue weighted by atomic mass is 10.0. The lowest BCUT2D eigenvalue weighted by molar-refractivity contribution is -0.137. The number of carboxylic acids is 1. The van der Waals surface area contributed by atoms with Crippen molar-refractivity contribution in [3.63, 3.8) is 0 Å². The van der Waals surface area contributed by atoms with Crippen molar-refractivity contribution in [1.29, 1.82) is 0 Å². The van der Waals surface area contributed by atoms with Crippen molar-refractivity contribution in [3.05, 3.63) is 66.0 Å². The van der Waals surface area contributed by atoms with E-state index in [2.05, 4.69) is 17.2 Å². The monoisotopic (exact) mass is 381 g/mol. The number of pyridine rings is 1. The van der Waals surface area contributed by atoms with Gasteiger partial charge in [0.25, 0.3) is 0 Å². The zero-order valence-corrected chi connectivity index (χ0v) is 16.1. The molecule has 2 aromatic rings. The fourth-order valence-corrected chi connectivity index (χ4v) is 3.84. The first-order chi connectivity index (χ1) is 13.5. The fourth-order valence-electron chi connectivity index (χ4n) is 3.84. The summed E-state index contributed by atoms with van der Waals surface area (Å²) in [5, 5.41) is 12.2. The van der Waals surface area contributed by atoms with Gasteiger partial charge >= 0.3 is 12.0 Å². The third-order valence-electron chi connectivity index (χ3n) is 5.20. The van der Waals surface area contributed by atoms with Gasteiger partial charge in [0.15, 0.2) is 0 Å². The van der Waals surface area contributed by atoms with E-state index in [1.165, 1.54) is 0 Å². The summed E-state index contributed by atoms with van der Waals surface area (Å²) in [4.78, 5) is 30.2. The summed E-state index contributed by atoms with van der Waals surface area (Å²) in [5.74, 6) is -0.446. The number of hydrogen-bond acceptors (Lipinski definition) is 3. The molecule has 28 heavy (non-hydrogen) atoms. The number of urea groups is 1. The van der Waals surface area contributed by atoms with E-state index in [4.69, 9.17) is 5.11 Å². The Labute approximate surface area is 165 Å². The number of hydrogen-bond donors (Lipinski definition) is 2. The molecule has 1 fully saturated rings. The first kappa shape index (κ1) is 19.9. The molecule has 0 bridgehead atoms. The quantitative estimate of drug-likeness (QED) is 0.767. The van der Waals surface area contributed by atoms with Gasteiger partial charge < -0.3 is 15.3 Å². The largest absolute Gasteiger partial charge is 0.481 e. The number of benzene rings is 1. The Balaban J connectivity index is 1.71. The average molecular weight is 381 g/mol. The predicted octanol–water partition coefficient (Wildman–Crippen LogP) is 3.65. The van der Waals surface area contributed by atoms with Crippen LogP contribution in [0.25, 0.3) is 0 Å². The van der Waals surface area contributed by atoms with E-state index in [9.17, 15) is 9.59 Å². The average Bonchev–Trinajstić information content (AvgIpc) is 3.09. The van der Waals surface area contributed by atoms with Crippen molar-refractivity contribution in [3.8, 4) is 0 Å². The number of carboxylic acid groups (broad SMARTS) is 1. The summed E-state index contributed by atoms with van der Waals surface area (Å²) in [5.41, 5.74) is 2.11. The van der Waals surface area contributed by atoms with E-state index in [0.29, 0.717) is 25.3 Å². The van der Waals surface area contributed by atoms with Gasteiger partial charge in [0.05, 0.1) is 6.04 Å². The third kappa shape index (κ3) is 5.31. The first-order valence-corrected chi connectivity index (χ1v) is 9.75. The van der Waals surface area contributed by atoms with Crippen LogP contribution in [0.2, 0.25) is 0 Å². The van der Waals surface area contributed by atoms with Crippen molar-refractivity contribution >= 4 is 12.0 Å². The van der Waals surface area contributed by atoms with E-state index in [1.54, 1.807) is 6.20 Å². The number of rotatable bonds is 7. The fraction of sp³-hybridized carbons (Fsp3) is 0.409. The summed E-state index contributed by atoms with van der Waals surface area (Å²) in [6, 6.07) is 13.4. The number of aliphatic carboxylic acids is 1. The Bertz CT molecular complexity index is 782. The highest BCUT2D eigenvalue weighted by Crippen LogP contribution is 2.34. The number of amides is 2. The van der Waals surface area contributed by atoms with E-state index in [-0.39, 0.29) is 24.5 Å². The van der Waals surface area contributed by atoms with Gasteiger partial charge in [-0.2, -0.15) is 0 Å². The molecule has 3 rings (SSSR count). The smallest absolute Gasteiger partial charge is 0.318 e. The molecule has 0 spiro atoms. The van der Waals surface area contributed by atoms with Crippen LogP contribution >= 0.6 is 0 Å². The minimum absolute atomic E-state index is 0.000508. The molecule has 0 radical (unpaired) electrons. The molecule has 0 aliphatic carbocycles. The maximum absolute atomic E-state index is 13.1. The van der Waals surface area contributed by atoms with Crippen LogP contribution in [-0.4, -0.2) is 39.6 Å². The molecule has 6 heteroatoms. The molecule has 2 heterocycles.